The van der Waals surface area contributed by atoms with Crippen LogP contribution in [0.4, 0.5) is 0 Å². The van der Waals surface area contributed by atoms with Crippen molar-refractivity contribution in [1.82, 2.24) is 9.88 Å². The number of nitrogens with one attached hydrogen (secondary N) is 1. The van der Waals surface area contributed by atoms with Crippen molar-refractivity contribution in [1.29, 1.82) is 0 Å². The molecule has 1 saturated heterocycles. The highest BCUT2D eigenvalue weighted by Crippen LogP contribution is 2.40. The summed E-state index contributed by atoms with van der Waals surface area (Å²) in [6.45, 7) is 1.58. The van der Waals surface area contributed by atoms with Gasteiger partial charge in [0.2, 0.25) is 0 Å². The van der Waals surface area contributed by atoms with Gasteiger partial charge in [0.1, 0.15) is 11.3 Å². The molecule has 1 N–H and O–H groups in total. The fraction of sp³-hybridized carbons (Fsp3) is 0.412. The minimum absolute atomic E-state index is 0.152. The Balaban J connectivity index is 1.72. The fourth-order valence-corrected chi connectivity index (χ4v) is 3.57. The maximum Gasteiger partial charge on any atom is 0.261 e. The standard InChI is InChI=1S/C17H18N2O3/c1-22-13-4-5-15-12(6-13)7-14(16(20)18-15)17(21)19-8-10-2-3-11(10)9-19/h4-7,10-11H,2-3,8-9H2,1H3,(H,18,20)/t10-,11+. The Bertz CT molecular complexity index is 799. The maximum atomic E-state index is 12.7. The Kier molecular flexibility index (Phi) is 2.96. The molecule has 1 aromatic carbocycles. The molecule has 2 fully saturated rings. The number of aromatic amines is 1. The summed E-state index contributed by atoms with van der Waals surface area (Å²) in [7, 11) is 1.60. The third kappa shape index (κ3) is 2.00. The monoisotopic (exact) mass is 298 g/mol. The molecule has 22 heavy (non-hydrogen) atoms. The molecule has 1 aromatic heterocycles. The third-order valence-corrected chi connectivity index (χ3v) is 5.05. The lowest BCUT2D eigenvalue weighted by Gasteiger charge is -2.27. The molecular formula is C17H18N2O3. The van der Waals surface area contributed by atoms with E-state index in [1.807, 2.05) is 11.0 Å². The third-order valence-electron chi connectivity index (χ3n) is 5.05. The van der Waals surface area contributed by atoms with Crippen molar-refractivity contribution < 1.29 is 9.53 Å². The number of benzene rings is 1. The molecule has 5 nitrogen and oxygen atoms in total. The minimum Gasteiger partial charge on any atom is -0.497 e. The first-order chi connectivity index (χ1) is 10.7. The number of amides is 1. The lowest BCUT2D eigenvalue weighted by molar-refractivity contribution is 0.0785. The highest BCUT2D eigenvalue weighted by molar-refractivity contribution is 5.97. The molecule has 1 aliphatic heterocycles. The molecule has 1 saturated carbocycles. The minimum atomic E-state index is -0.318. The average molecular weight is 298 g/mol. The Labute approximate surface area is 127 Å². The maximum absolute atomic E-state index is 12.7. The second kappa shape index (κ2) is 4.87. The molecule has 0 unspecified atom stereocenters. The van der Waals surface area contributed by atoms with E-state index in [1.54, 1.807) is 25.3 Å². The number of fused-ring (bicyclic) bond motifs is 2. The number of pyridine rings is 1. The van der Waals surface area contributed by atoms with E-state index in [4.69, 9.17) is 4.74 Å². The van der Waals surface area contributed by atoms with Crippen molar-refractivity contribution in [2.24, 2.45) is 11.8 Å². The second-order valence-corrected chi connectivity index (χ2v) is 6.27. The van der Waals surface area contributed by atoms with Crippen molar-refractivity contribution in [3.8, 4) is 5.75 Å². The smallest absolute Gasteiger partial charge is 0.261 e. The van der Waals surface area contributed by atoms with Gasteiger partial charge in [0.15, 0.2) is 0 Å². The van der Waals surface area contributed by atoms with Crippen LogP contribution >= 0.6 is 0 Å². The quantitative estimate of drug-likeness (QED) is 0.922. The molecule has 4 rings (SSSR count). The Hall–Kier alpha value is -2.30. The summed E-state index contributed by atoms with van der Waals surface area (Å²) in [5.41, 5.74) is 0.618. The number of ether oxygens (including phenoxy) is 1. The molecule has 5 heteroatoms. The summed E-state index contributed by atoms with van der Waals surface area (Å²) in [5, 5.41) is 0.810. The van der Waals surface area contributed by atoms with Crippen LogP contribution in [0.1, 0.15) is 23.2 Å². The molecule has 2 heterocycles. The predicted octanol–water partition coefficient (Wildman–Crippen LogP) is 2.02. The summed E-state index contributed by atoms with van der Waals surface area (Å²) in [6.07, 6.45) is 2.42. The number of carbonyl (C=O) groups excluding carboxylic acids is 1. The number of likely N-dealkylation sites (tertiary alicyclic amines) is 1. The average Bonchev–Trinajstić information content (AvgIpc) is 2.80. The summed E-state index contributed by atoms with van der Waals surface area (Å²) in [4.78, 5) is 29.5. The number of H-pyrrole nitrogens is 1. The highest BCUT2D eigenvalue weighted by Gasteiger charge is 2.41. The second-order valence-electron chi connectivity index (χ2n) is 6.27. The molecule has 2 aliphatic rings. The van der Waals surface area contributed by atoms with E-state index in [2.05, 4.69) is 4.98 Å². The van der Waals surface area contributed by atoms with Crippen LogP contribution in [-0.4, -0.2) is 36.0 Å². The van der Waals surface area contributed by atoms with Crippen LogP contribution in [0, 0.1) is 11.8 Å². The molecule has 1 amide bonds. The zero-order valence-electron chi connectivity index (χ0n) is 12.5. The number of methoxy groups -OCH3 is 1. The Morgan fingerprint density at radius 1 is 1.23 bits per heavy atom. The van der Waals surface area contributed by atoms with E-state index >= 15 is 0 Å². The van der Waals surface area contributed by atoms with E-state index in [1.165, 1.54) is 12.8 Å². The van der Waals surface area contributed by atoms with Crippen molar-refractivity contribution in [2.45, 2.75) is 12.8 Å². The van der Waals surface area contributed by atoms with E-state index in [9.17, 15) is 9.59 Å². The van der Waals surface area contributed by atoms with Gasteiger partial charge in [-0.2, -0.15) is 0 Å². The van der Waals surface area contributed by atoms with Gasteiger partial charge in [-0.15, -0.1) is 0 Å². The van der Waals surface area contributed by atoms with Gasteiger partial charge in [0.25, 0.3) is 11.5 Å². The molecular weight excluding hydrogens is 280 g/mol. The van der Waals surface area contributed by atoms with Gasteiger partial charge in [-0.3, -0.25) is 9.59 Å². The number of hydrogen-bond donors (Lipinski definition) is 1. The number of hydrogen-bond acceptors (Lipinski definition) is 3. The van der Waals surface area contributed by atoms with Crippen molar-refractivity contribution >= 4 is 16.8 Å². The van der Waals surface area contributed by atoms with E-state index in [0.717, 1.165) is 18.5 Å². The number of carbonyl (C=O) groups is 1. The molecule has 114 valence electrons. The van der Waals surface area contributed by atoms with Crippen LogP contribution in [0.5, 0.6) is 5.75 Å². The fourth-order valence-electron chi connectivity index (χ4n) is 3.57. The van der Waals surface area contributed by atoms with E-state index < -0.39 is 0 Å². The van der Waals surface area contributed by atoms with Crippen LogP contribution in [0.15, 0.2) is 29.1 Å². The van der Waals surface area contributed by atoms with E-state index in [0.29, 0.717) is 23.1 Å². The van der Waals surface area contributed by atoms with Crippen molar-refractivity contribution in [3.05, 3.63) is 40.2 Å². The van der Waals surface area contributed by atoms with Crippen molar-refractivity contribution in [2.75, 3.05) is 20.2 Å². The van der Waals surface area contributed by atoms with Crippen LogP contribution in [0.3, 0.4) is 0 Å². The lowest BCUT2D eigenvalue weighted by atomic mass is 9.77. The summed E-state index contributed by atoms with van der Waals surface area (Å²) >= 11 is 0. The van der Waals surface area contributed by atoms with Gasteiger partial charge < -0.3 is 14.6 Å². The topological polar surface area (TPSA) is 62.4 Å². The van der Waals surface area contributed by atoms with Crippen LogP contribution in [0.25, 0.3) is 10.9 Å². The lowest BCUT2D eigenvalue weighted by Crippen LogP contribution is -2.33. The number of nitrogens with zero attached hydrogens (tertiary/aromatic N) is 1. The molecule has 2 atom stereocenters. The summed E-state index contributed by atoms with van der Waals surface area (Å²) in [5.74, 6) is 1.84. The molecule has 1 aliphatic carbocycles. The summed E-state index contributed by atoms with van der Waals surface area (Å²) in [6, 6.07) is 7.09. The molecule has 0 spiro atoms. The van der Waals surface area contributed by atoms with Crippen LogP contribution in [0.2, 0.25) is 0 Å². The van der Waals surface area contributed by atoms with Crippen LogP contribution in [-0.2, 0) is 0 Å². The first-order valence-electron chi connectivity index (χ1n) is 7.66. The number of aromatic nitrogens is 1. The van der Waals surface area contributed by atoms with E-state index in [-0.39, 0.29) is 17.0 Å². The largest absolute Gasteiger partial charge is 0.497 e. The first kappa shape index (κ1) is 13.4. The van der Waals surface area contributed by atoms with Gasteiger partial charge in [-0.1, -0.05) is 0 Å². The van der Waals surface area contributed by atoms with Gasteiger partial charge in [-0.05, 0) is 48.9 Å². The van der Waals surface area contributed by atoms with Gasteiger partial charge in [0, 0.05) is 24.0 Å². The highest BCUT2D eigenvalue weighted by atomic mass is 16.5. The number of rotatable bonds is 2. The van der Waals surface area contributed by atoms with Gasteiger partial charge in [0.05, 0.1) is 7.11 Å². The SMILES string of the molecule is COc1ccc2[nH]c(=O)c(C(=O)N3C[C@H]4CC[C@H]4C3)cc2c1. The van der Waals surface area contributed by atoms with Crippen molar-refractivity contribution in [3.63, 3.8) is 0 Å². The zero-order valence-corrected chi connectivity index (χ0v) is 12.5. The normalized spacial score (nSPS) is 23.2. The first-order valence-corrected chi connectivity index (χ1v) is 7.66. The van der Waals surface area contributed by atoms with Gasteiger partial charge >= 0.3 is 0 Å². The molecule has 2 aromatic rings. The Morgan fingerprint density at radius 3 is 2.59 bits per heavy atom. The Morgan fingerprint density at radius 2 is 1.95 bits per heavy atom. The predicted molar refractivity (Wildman–Crippen MR) is 83.2 cm³/mol. The molecule has 0 radical (unpaired) electrons. The zero-order chi connectivity index (χ0) is 15.3. The molecule has 0 bridgehead atoms. The van der Waals surface area contributed by atoms with Crippen LogP contribution < -0.4 is 10.3 Å². The summed E-state index contributed by atoms with van der Waals surface area (Å²) < 4.78 is 5.20. The van der Waals surface area contributed by atoms with Gasteiger partial charge in [-0.25, -0.2) is 0 Å².